The topological polar surface area (TPSA) is 338 Å². The summed E-state index contributed by atoms with van der Waals surface area (Å²) in [6.07, 6.45) is -6.72. The predicted octanol–water partition coefficient (Wildman–Crippen LogP) is -2.69. The van der Waals surface area contributed by atoms with Gasteiger partial charge in [0.2, 0.25) is 0 Å². The molecule has 3 unspecified atom stereocenters. The summed E-state index contributed by atoms with van der Waals surface area (Å²) < 4.78 is 57.9. The van der Waals surface area contributed by atoms with Gasteiger partial charge in [0.1, 0.15) is 54.9 Å². The van der Waals surface area contributed by atoms with Gasteiger partial charge in [-0.2, -0.15) is 4.98 Å². The number of aromatic nitrogens is 6. The van der Waals surface area contributed by atoms with E-state index < -0.39 is 90.1 Å². The second-order valence-corrected chi connectivity index (χ2v) is 12.5. The van der Waals surface area contributed by atoms with Crippen molar-refractivity contribution < 1.29 is 66.6 Å². The van der Waals surface area contributed by atoms with Gasteiger partial charge in [0, 0.05) is 12.6 Å². The Morgan fingerprint density at radius 3 is 2.50 bits per heavy atom. The number of carbonyl (C=O) groups is 1. The van der Waals surface area contributed by atoms with Gasteiger partial charge < -0.3 is 50.6 Å². The minimum Gasteiger partial charge on any atom is -0.455 e. The summed E-state index contributed by atoms with van der Waals surface area (Å²) in [7, 11) is -10.1. The minimum absolute atomic E-state index is 0.0258. The number of aliphatic hydroxyl groups excluding tert-OH is 2. The molecular formula is C21H28N8O15P2. The van der Waals surface area contributed by atoms with E-state index in [9.17, 15) is 33.8 Å². The van der Waals surface area contributed by atoms with Crippen LogP contribution in [0.5, 0.6) is 0 Å². The molecule has 0 saturated carbocycles. The molecule has 252 valence electrons. The SMILES string of the molecule is Nc1ccn(C2C[C@H](OP(=O)(O)OCC3O[C@@H](n4cnc5c(N)ncnc54)[C@H](O)[C@@H]3OC(=O)CO)[C@@H](COP(=O)(O)O)O2)c(=O)n1. The van der Waals surface area contributed by atoms with Crippen molar-refractivity contribution in [1.82, 2.24) is 29.1 Å². The molecule has 2 fully saturated rings. The summed E-state index contributed by atoms with van der Waals surface area (Å²) in [6, 6.07) is 1.28. The molecule has 3 aromatic heterocycles. The maximum atomic E-state index is 13.1. The van der Waals surface area contributed by atoms with Crippen LogP contribution in [0.15, 0.2) is 29.7 Å². The molecule has 0 bridgehead atoms. The molecule has 2 aliphatic heterocycles. The zero-order valence-electron chi connectivity index (χ0n) is 23.2. The normalized spacial score (nSPS) is 28.0. The smallest absolute Gasteiger partial charge is 0.455 e. The first-order chi connectivity index (χ1) is 21.7. The Morgan fingerprint density at radius 1 is 1.07 bits per heavy atom. The number of anilines is 2. The number of fused-ring (bicyclic) bond motifs is 1. The number of hydrogen-bond acceptors (Lipinski definition) is 18. The molecule has 2 saturated heterocycles. The average Bonchev–Trinajstić information content (AvgIpc) is 3.66. The van der Waals surface area contributed by atoms with Crippen molar-refractivity contribution in [3.63, 3.8) is 0 Å². The first-order valence-electron chi connectivity index (χ1n) is 13.1. The second kappa shape index (κ2) is 13.4. The molecule has 25 heteroatoms. The Bertz CT molecular complexity index is 1730. The molecule has 2 aliphatic rings. The fourth-order valence-corrected chi connectivity index (χ4v) is 6.09. The van der Waals surface area contributed by atoms with E-state index in [1.807, 2.05) is 0 Å². The third-order valence-corrected chi connectivity index (χ3v) is 8.29. The van der Waals surface area contributed by atoms with Gasteiger partial charge in [-0.05, 0) is 6.07 Å². The van der Waals surface area contributed by atoms with E-state index in [1.54, 1.807) is 0 Å². The number of rotatable bonds is 12. The van der Waals surface area contributed by atoms with Gasteiger partial charge in [-0.3, -0.25) is 22.7 Å². The standard InChI is InChI=1S/C21H28N8O15P2/c22-12-1-2-28(21(33)27-12)13-3-9(10(41-13)5-39-45(34,35)36)44-46(37,38)40-6-11-17(43-14(31)4-30)16(32)20(42-11)29-8-26-15-18(23)24-7-25-19(15)29/h1-2,7-11,13,16-17,20,30,32H,3-6H2,(H,37,38)(H2,22,27,33)(H2,23,24,25)(H2,34,35,36)/t9-,10+,11?,13?,16+,17+,20+/m0/s1. The van der Waals surface area contributed by atoms with Crippen LogP contribution in [0.2, 0.25) is 0 Å². The maximum absolute atomic E-state index is 13.1. The van der Waals surface area contributed by atoms with E-state index in [0.717, 1.165) is 10.9 Å². The molecule has 46 heavy (non-hydrogen) atoms. The molecule has 0 spiro atoms. The molecule has 5 heterocycles. The number of ether oxygens (including phenoxy) is 3. The number of nitrogens with zero attached hydrogens (tertiary/aromatic N) is 6. The minimum atomic E-state index is -5.11. The van der Waals surface area contributed by atoms with E-state index in [4.69, 9.17) is 44.5 Å². The van der Waals surface area contributed by atoms with Gasteiger partial charge in [0.25, 0.3) is 0 Å². The van der Waals surface area contributed by atoms with Crippen molar-refractivity contribution >= 4 is 44.4 Å². The Kier molecular flexibility index (Phi) is 9.84. The lowest BCUT2D eigenvalue weighted by Gasteiger charge is -2.23. The van der Waals surface area contributed by atoms with E-state index in [1.165, 1.54) is 23.2 Å². The van der Waals surface area contributed by atoms with E-state index in [-0.39, 0.29) is 29.2 Å². The average molecular weight is 694 g/mol. The highest BCUT2D eigenvalue weighted by Gasteiger charge is 2.49. The molecule has 0 aromatic carbocycles. The highest BCUT2D eigenvalue weighted by atomic mass is 31.2. The molecule has 3 aromatic rings. The molecular weight excluding hydrogens is 666 g/mol. The van der Waals surface area contributed by atoms with Gasteiger partial charge in [-0.15, -0.1) is 0 Å². The van der Waals surface area contributed by atoms with Crippen LogP contribution in [0, 0.1) is 0 Å². The van der Waals surface area contributed by atoms with Crippen LogP contribution in [0.25, 0.3) is 11.2 Å². The first-order valence-corrected chi connectivity index (χ1v) is 16.1. The Labute approximate surface area is 256 Å². The summed E-state index contributed by atoms with van der Waals surface area (Å²) in [5.41, 5.74) is 10.8. The highest BCUT2D eigenvalue weighted by Crippen LogP contribution is 2.50. The molecule has 9 N–H and O–H groups in total. The molecule has 0 aliphatic carbocycles. The van der Waals surface area contributed by atoms with Gasteiger partial charge in [-0.1, -0.05) is 0 Å². The van der Waals surface area contributed by atoms with Crippen LogP contribution >= 0.6 is 15.6 Å². The summed E-state index contributed by atoms with van der Waals surface area (Å²) in [6.45, 7) is -2.72. The lowest BCUT2D eigenvalue weighted by molar-refractivity contribution is -0.159. The van der Waals surface area contributed by atoms with Crippen LogP contribution in [-0.4, -0.2) is 110 Å². The number of nitrogen functional groups attached to an aromatic ring is 2. The summed E-state index contributed by atoms with van der Waals surface area (Å²) >= 11 is 0. The van der Waals surface area contributed by atoms with Crippen molar-refractivity contribution in [2.24, 2.45) is 0 Å². The lowest BCUT2D eigenvalue weighted by atomic mass is 10.1. The van der Waals surface area contributed by atoms with E-state index in [0.29, 0.717) is 0 Å². The summed E-state index contributed by atoms with van der Waals surface area (Å²) in [4.78, 5) is 68.6. The number of imidazole rings is 1. The van der Waals surface area contributed by atoms with Crippen molar-refractivity contribution in [3.8, 4) is 0 Å². The van der Waals surface area contributed by atoms with Crippen molar-refractivity contribution in [3.05, 3.63) is 35.4 Å². The van der Waals surface area contributed by atoms with Gasteiger partial charge in [-0.25, -0.2) is 33.7 Å². The number of phosphoric acid groups is 2. The van der Waals surface area contributed by atoms with E-state index >= 15 is 0 Å². The Morgan fingerprint density at radius 2 is 1.80 bits per heavy atom. The quantitative estimate of drug-likeness (QED) is 0.0749. The Balaban J connectivity index is 1.32. The molecule has 8 atom stereocenters. The monoisotopic (exact) mass is 694 g/mol. The number of carbonyl (C=O) groups excluding carboxylic acids is 1. The van der Waals surface area contributed by atoms with Crippen molar-refractivity contribution in [1.29, 1.82) is 0 Å². The highest BCUT2D eigenvalue weighted by molar-refractivity contribution is 7.47. The van der Waals surface area contributed by atoms with Crippen LogP contribution in [0.1, 0.15) is 18.9 Å². The third-order valence-electron chi connectivity index (χ3n) is 6.79. The number of esters is 1. The number of hydrogen-bond donors (Lipinski definition) is 7. The van der Waals surface area contributed by atoms with Crippen molar-refractivity contribution in [2.75, 3.05) is 31.3 Å². The van der Waals surface area contributed by atoms with Crippen LogP contribution in [-0.2, 0) is 41.7 Å². The molecule has 0 radical (unpaired) electrons. The van der Waals surface area contributed by atoms with Gasteiger partial charge >= 0.3 is 27.3 Å². The zero-order valence-corrected chi connectivity index (χ0v) is 25.0. The summed E-state index contributed by atoms with van der Waals surface area (Å²) in [5, 5.41) is 20.2. The largest absolute Gasteiger partial charge is 0.472 e. The fraction of sp³-hybridized carbons (Fsp3) is 0.524. The van der Waals surface area contributed by atoms with Crippen LogP contribution in [0.4, 0.5) is 11.6 Å². The molecule has 5 rings (SSSR count). The number of aliphatic hydroxyl groups is 2. The summed E-state index contributed by atoms with van der Waals surface area (Å²) in [5.74, 6) is -1.22. The van der Waals surface area contributed by atoms with Crippen LogP contribution < -0.4 is 17.2 Å². The zero-order chi connectivity index (χ0) is 33.4. The van der Waals surface area contributed by atoms with Gasteiger partial charge in [0.15, 0.2) is 23.8 Å². The number of nitrogens with two attached hydrogens (primary N) is 2. The fourth-order valence-electron chi connectivity index (χ4n) is 4.79. The number of phosphoric ester groups is 2. The predicted molar refractivity (Wildman–Crippen MR) is 147 cm³/mol. The Hall–Kier alpha value is -3.44. The molecule has 0 amide bonds. The van der Waals surface area contributed by atoms with Crippen LogP contribution in [0.3, 0.4) is 0 Å². The first kappa shape index (κ1) is 33.9. The third kappa shape index (κ3) is 7.57. The van der Waals surface area contributed by atoms with Crippen molar-refractivity contribution in [2.45, 2.75) is 49.4 Å². The molecule has 23 nitrogen and oxygen atoms in total. The van der Waals surface area contributed by atoms with E-state index in [2.05, 4.69) is 24.5 Å². The van der Waals surface area contributed by atoms with Gasteiger partial charge in [0.05, 0.1) is 19.5 Å². The lowest BCUT2D eigenvalue weighted by Crippen LogP contribution is -2.39. The maximum Gasteiger partial charge on any atom is 0.472 e. The second-order valence-electron chi connectivity index (χ2n) is 9.85.